The first kappa shape index (κ1) is 15.4. The Morgan fingerprint density at radius 2 is 1.91 bits per heavy atom. The van der Waals surface area contributed by atoms with Crippen LogP contribution in [0.15, 0.2) is 18.2 Å². The standard InChI is InChI=1S/C17H21F2NO2/c1-10(21)20-14-9-16(17-12(18)6-4-7-13(17)19)22-15-8-3-2-5-11(14)15/h4,6-7,11,14-16H,2-3,5,8-9H2,1H3,(H,20,21)/t11-,14+,15+,16+/m0/s1. The largest absolute Gasteiger partial charge is 0.370 e. The number of nitrogens with one attached hydrogen (secondary N) is 1. The normalized spacial score (nSPS) is 31.4. The van der Waals surface area contributed by atoms with Gasteiger partial charge in [0.1, 0.15) is 11.6 Å². The van der Waals surface area contributed by atoms with E-state index >= 15 is 0 Å². The SMILES string of the molecule is CC(=O)N[C@@H]1C[C@H](c2c(F)cccc2F)O[C@@H]2CCCC[C@@H]12. The molecule has 120 valence electrons. The van der Waals surface area contributed by atoms with Gasteiger partial charge in [-0.3, -0.25) is 4.79 Å². The second kappa shape index (κ2) is 6.32. The van der Waals surface area contributed by atoms with Crippen LogP contribution in [0.4, 0.5) is 8.78 Å². The zero-order valence-corrected chi connectivity index (χ0v) is 12.6. The number of ether oxygens (including phenoxy) is 1. The topological polar surface area (TPSA) is 38.3 Å². The van der Waals surface area contributed by atoms with Crippen LogP contribution in [0.3, 0.4) is 0 Å². The van der Waals surface area contributed by atoms with Gasteiger partial charge in [0.2, 0.25) is 5.91 Å². The first-order valence-electron chi connectivity index (χ1n) is 7.92. The molecule has 0 unspecified atom stereocenters. The van der Waals surface area contributed by atoms with Crippen LogP contribution in [-0.4, -0.2) is 18.1 Å². The quantitative estimate of drug-likeness (QED) is 0.908. The van der Waals surface area contributed by atoms with Gasteiger partial charge >= 0.3 is 0 Å². The van der Waals surface area contributed by atoms with Crippen LogP contribution < -0.4 is 5.32 Å². The summed E-state index contributed by atoms with van der Waals surface area (Å²) in [5.74, 6) is -1.03. The summed E-state index contributed by atoms with van der Waals surface area (Å²) in [7, 11) is 0. The van der Waals surface area contributed by atoms with Crippen molar-refractivity contribution in [3.63, 3.8) is 0 Å². The molecule has 3 nitrogen and oxygen atoms in total. The van der Waals surface area contributed by atoms with Crippen molar-refractivity contribution in [1.82, 2.24) is 5.32 Å². The first-order chi connectivity index (χ1) is 10.6. The number of fused-ring (bicyclic) bond motifs is 1. The van der Waals surface area contributed by atoms with E-state index in [0.29, 0.717) is 6.42 Å². The lowest BCUT2D eigenvalue weighted by atomic mass is 9.76. The van der Waals surface area contributed by atoms with Crippen molar-refractivity contribution in [3.8, 4) is 0 Å². The molecule has 1 aliphatic heterocycles. The molecular formula is C17H21F2NO2. The van der Waals surface area contributed by atoms with Crippen molar-refractivity contribution in [1.29, 1.82) is 0 Å². The lowest BCUT2D eigenvalue weighted by Crippen LogP contribution is -2.51. The Labute approximate surface area is 129 Å². The number of carbonyl (C=O) groups is 1. The summed E-state index contributed by atoms with van der Waals surface area (Å²) in [5, 5.41) is 2.96. The summed E-state index contributed by atoms with van der Waals surface area (Å²) in [6.45, 7) is 1.48. The number of hydrogen-bond donors (Lipinski definition) is 1. The van der Waals surface area contributed by atoms with E-state index in [1.807, 2.05) is 0 Å². The van der Waals surface area contributed by atoms with Gasteiger partial charge in [-0.1, -0.05) is 18.9 Å². The lowest BCUT2D eigenvalue weighted by molar-refractivity contribution is -0.132. The number of hydrogen-bond acceptors (Lipinski definition) is 2. The van der Waals surface area contributed by atoms with E-state index < -0.39 is 17.7 Å². The number of rotatable bonds is 2. The second-order valence-corrected chi connectivity index (χ2v) is 6.29. The maximum atomic E-state index is 14.0. The monoisotopic (exact) mass is 309 g/mol. The Kier molecular flexibility index (Phi) is 4.43. The molecule has 1 saturated carbocycles. The molecule has 3 rings (SSSR count). The molecule has 1 aromatic carbocycles. The van der Waals surface area contributed by atoms with Gasteiger partial charge in [0.05, 0.1) is 17.8 Å². The Balaban J connectivity index is 1.88. The van der Waals surface area contributed by atoms with Gasteiger partial charge in [-0.05, 0) is 31.4 Å². The van der Waals surface area contributed by atoms with Crippen LogP contribution in [0.5, 0.6) is 0 Å². The minimum absolute atomic E-state index is 0.0122. The van der Waals surface area contributed by atoms with Gasteiger partial charge in [-0.15, -0.1) is 0 Å². The molecule has 0 bridgehead atoms. The van der Waals surface area contributed by atoms with Crippen LogP contribution in [0.25, 0.3) is 0 Å². The van der Waals surface area contributed by atoms with E-state index in [1.165, 1.54) is 25.1 Å². The van der Waals surface area contributed by atoms with Crippen LogP contribution in [0.1, 0.15) is 50.7 Å². The summed E-state index contributed by atoms with van der Waals surface area (Å²) >= 11 is 0. The van der Waals surface area contributed by atoms with Crippen LogP contribution in [0, 0.1) is 17.6 Å². The minimum Gasteiger partial charge on any atom is -0.370 e. The second-order valence-electron chi connectivity index (χ2n) is 6.29. The summed E-state index contributed by atoms with van der Waals surface area (Å²) in [5.41, 5.74) is -0.0122. The van der Waals surface area contributed by atoms with E-state index in [9.17, 15) is 13.6 Å². The average Bonchev–Trinajstić information content (AvgIpc) is 2.46. The van der Waals surface area contributed by atoms with Crippen molar-refractivity contribution in [2.24, 2.45) is 5.92 Å². The molecule has 2 aliphatic rings. The summed E-state index contributed by atoms with van der Waals surface area (Å²) in [4.78, 5) is 11.5. The van der Waals surface area contributed by atoms with Crippen molar-refractivity contribution < 1.29 is 18.3 Å². The molecule has 1 aliphatic carbocycles. The van der Waals surface area contributed by atoms with Crippen molar-refractivity contribution in [2.75, 3.05) is 0 Å². The van der Waals surface area contributed by atoms with Crippen LogP contribution in [0.2, 0.25) is 0 Å². The van der Waals surface area contributed by atoms with Crippen LogP contribution in [-0.2, 0) is 9.53 Å². The molecule has 22 heavy (non-hydrogen) atoms. The highest BCUT2D eigenvalue weighted by molar-refractivity contribution is 5.73. The van der Waals surface area contributed by atoms with E-state index in [-0.39, 0.29) is 29.5 Å². The summed E-state index contributed by atoms with van der Waals surface area (Å²) < 4.78 is 34.1. The Morgan fingerprint density at radius 1 is 1.23 bits per heavy atom. The van der Waals surface area contributed by atoms with Crippen molar-refractivity contribution >= 4 is 5.91 Å². The minimum atomic E-state index is -0.641. The highest BCUT2D eigenvalue weighted by Crippen LogP contribution is 2.42. The average molecular weight is 309 g/mol. The molecule has 1 heterocycles. The Hall–Kier alpha value is -1.49. The highest BCUT2D eigenvalue weighted by Gasteiger charge is 2.41. The maximum absolute atomic E-state index is 14.0. The molecule has 0 spiro atoms. The molecular weight excluding hydrogens is 288 g/mol. The summed E-state index contributed by atoms with van der Waals surface area (Å²) in [6, 6.07) is 3.77. The fraction of sp³-hybridized carbons (Fsp3) is 0.588. The maximum Gasteiger partial charge on any atom is 0.217 e. The smallest absolute Gasteiger partial charge is 0.217 e. The predicted octanol–water partition coefficient (Wildman–Crippen LogP) is 3.49. The molecule has 4 atom stereocenters. The number of amides is 1. The fourth-order valence-electron chi connectivity index (χ4n) is 3.86. The Morgan fingerprint density at radius 3 is 2.59 bits per heavy atom. The van der Waals surface area contributed by atoms with Crippen molar-refractivity contribution in [2.45, 2.75) is 57.3 Å². The van der Waals surface area contributed by atoms with Gasteiger partial charge in [-0.2, -0.15) is 0 Å². The third-order valence-corrected chi connectivity index (χ3v) is 4.79. The molecule has 1 aromatic rings. The molecule has 5 heteroatoms. The third-order valence-electron chi connectivity index (χ3n) is 4.79. The van der Waals surface area contributed by atoms with Crippen molar-refractivity contribution in [3.05, 3.63) is 35.4 Å². The third kappa shape index (κ3) is 3.00. The zero-order chi connectivity index (χ0) is 15.7. The van der Waals surface area contributed by atoms with Gasteiger partial charge in [0, 0.05) is 18.9 Å². The first-order valence-corrected chi connectivity index (χ1v) is 7.92. The highest BCUT2D eigenvalue weighted by atomic mass is 19.1. The van der Waals surface area contributed by atoms with E-state index in [0.717, 1.165) is 25.7 Å². The van der Waals surface area contributed by atoms with Gasteiger partial charge in [0.25, 0.3) is 0 Å². The van der Waals surface area contributed by atoms with E-state index in [1.54, 1.807) is 0 Å². The predicted molar refractivity (Wildman–Crippen MR) is 78.2 cm³/mol. The zero-order valence-electron chi connectivity index (χ0n) is 12.6. The number of benzene rings is 1. The van der Waals surface area contributed by atoms with Crippen LogP contribution >= 0.6 is 0 Å². The van der Waals surface area contributed by atoms with Gasteiger partial charge in [0.15, 0.2) is 0 Å². The number of carbonyl (C=O) groups excluding carboxylic acids is 1. The molecule has 1 saturated heterocycles. The summed E-state index contributed by atoms with van der Waals surface area (Å²) in [6.07, 6.45) is 3.77. The van der Waals surface area contributed by atoms with Gasteiger partial charge < -0.3 is 10.1 Å². The van der Waals surface area contributed by atoms with E-state index in [4.69, 9.17) is 4.74 Å². The molecule has 0 radical (unpaired) electrons. The Bertz CT molecular complexity index is 543. The molecule has 1 N–H and O–H groups in total. The van der Waals surface area contributed by atoms with Gasteiger partial charge in [-0.25, -0.2) is 8.78 Å². The van der Waals surface area contributed by atoms with E-state index in [2.05, 4.69) is 5.32 Å². The lowest BCUT2D eigenvalue weighted by Gasteiger charge is -2.45. The molecule has 1 amide bonds. The molecule has 0 aromatic heterocycles. The number of halogens is 2. The fourth-order valence-corrected chi connectivity index (χ4v) is 3.86. The molecule has 2 fully saturated rings.